The van der Waals surface area contributed by atoms with Crippen molar-refractivity contribution < 1.29 is 14.6 Å². The average molecular weight is 293 g/mol. The van der Waals surface area contributed by atoms with Gasteiger partial charge in [-0.1, -0.05) is 30.3 Å². The minimum Gasteiger partial charge on any atom is -0.396 e. The molecule has 4 heteroatoms. The first-order valence-electron chi connectivity index (χ1n) is 7.73. The van der Waals surface area contributed by atoms with Crippen molar-refractivity contribution in [2.75, 3.05) is 40.1 Å². The Morgan fingerprint density at radius 3 is 2.62 bits per heavy atom. The topological polar surface area (TPSA) is 50.7 Å². The molecule has 0 spiro atoms. The number of methoxy groups -OCH3 is 1. The third-order valence-corrected chi connectivity index (χ3v) is 4.35. The minimum absolute atomic E-state index is 0.0407. The maximum Gasteiger partial charge on any atom is 0.0619 e. The van der Waals surface area contributed by atoms with Crippen molar-refractivity contribution in [1.82, 2.24) is 5.32 Å². The molecule has 0 saturated carbocycles. The molecule has 1 atom stereocenters. The molecule has 1 fully saturated rings. The lowest BCUT2D eigenvalue weighted by atomic mass is 9.80. The molecule has 4 nitrogen and oxygen atoms in total. The van der Waals surface area contributed by atoms with E-state index in [1.807, 2.05) is 6.07 Å². The van der Waals surface area contributed by atoms with Crippen molar-refractivity contribution >= 4 is 0 Å². The second-order valence-corrected chi connectivity index (χ2v) is 5.99. The maximum atomic E-state index is 9.75. The number of aliphatic hydroxyl groups excluding tert-OH is 1. The first-order chi connectivity index (χ1) is 10.3. The summed E-state index contributed by atoms with van der Waals surface area (Å²) in [7, 11) is 1.73. The maximum absolute atomic E-state index is 9.75. The van der Waals surface area contributed by atoms with E-state index in [2.05, 4.69) is 29.6 Å². The predicted octanol–water partition coefficient (Wildman–Crippen LogP) is 1.62. The molecule has 0 radical (unpaired) electrons. The van der Waals surface area contributed by atoms with Crippen molar-refractivity contribution in [3.05, 3.63) is 35.9 Å². The van der Waals surface area contributed by atoms with E-state index in [1.165, 1.54) is 5.56 Å². The molecule has 0 bridgehead atoms. The van der Waals surface area contributed by atoms with E-state index in [0.717, 1.165) is 39.0 Å². The van der Waals surface area contributed by atoms with Gasteiger partial charge < -0.3 is 19.9 Å². The fraction of sp³-hybridized carbons (Fsp3) is 0.647. The Kier molecular flexibility index (Phi) is 6.64. The van der Waals surface area contributed by atoms with Gasteiger partial charge in [0.15, 0.2) is 0 Å². The molecule has 0 aromatic heterocycles. The van der Waals surface area contributed by atoms with Crippen LogP contribution in [0.3, 0.4) is 0 Å². The minimum atomic E-state index is -0.0407. The lowest BCUT2D eigenvalue weighted by Crippen LogP contribution is -2.47. The predicted molar refractivity (Wildman–Crippen MR) is 83.4 cm³/mol. The highest BCUT2D eigenvalue weighted by molar-refractivity contribution is 5.16. The van der Waals surface area contributed by atoms with Crippen LogP contribution in [0.2, 0.25) is 0 Å². The van der Waals surface area contributed by atoms with Gasteiger partial charge in [-0.3, -0.25) is 0 Å². The van der Waals surface area contributed by atoms with E-state index in [0.29, 0.717) is 6.61 Å². The number of nitrogens with one attached hydrogen (secondary N) is 1. The number of hydrogen-bond acceptors (Lipinski definition) is 4. The molecule has 118 valence electrons. The fourth-order valence-electron chi connectivity index (χ4n) is 2.85. The van der Waals surface area contributed by atoms with Gasteiger partial charge >= 0.3 is 0 Å². The average Bonchev–Trinajstić information content (AvgIpc) is 2.55. The van der Waals surface area contributed by atoms with Gasteiger partial charge in [0.2, 0.25) is 0 Å². The van der Waals surface area contributed by atoms with Gasteiger partial charge in [-0.2, -0.15) is 0 Å². The second kappa shape index (κ2) is 8.49. The molecule has 1 aromatic rings. The number of hydrogen-bond donors (Lipinski definition) is 2. The summed E-state index contributed by atoms with van der Waals surface area (Å²) >= 11 is 0. The Hall–Kier alpha value is -0.940. The molecule has 1 aromatic carbocycles. The first kappa shape index (κ1) is 16.4. The third kappa shape index (κ3) is 5.08. The molecular formula is C17H27NO3. The van der Waals surface area contributed by atoms with Gasteiger partial charge in [0.25, 0.3) is 0 Å². The van der Waals surface area contributed by atoms with Gasteiger partial charge in [0.05, 0.1) is 13.2 Å². The third-order valence-electron chi connectivity index (χ3n) is 4.35. The van der Waals surface area contributed by atoms with Crippen molar-refractivity contribution in [2.24, 2.45) is 5.41 Å². The van der Waals surface area contributed by atoms with Crippen LogP contribution in [-0.2, 0) is 15.9 Å². The zero-order valence-electron chi connectivity index (χ0n) is 12.9. The standard InChI is InChI=1S/C17H27NO3/c1-20-12-16(11-15-5-3-2-4-6-15)18-13-17(14-19)7-9-21-10-8-17/h2-6,16,18-19H,7-14H2,1H3. The lowest BCUT2D eigenvalue weighted by molar-refractivity contribution is -0.0177. The van der Waals surface area contributed by atoms with E-state index < -0.39 is 0 Å². The first-order valence-corrected chi connectivity index (χ1v) is 7.73. The SMILES string of the molecule is COCC(Cc1ccccc1)NCC1(CO)CCOCC1. The summed E-state index contributed by atoms with van der Waals surface area (Å²) in [5, 5.41) is 13.3. The van der Waals surface area contributed by atoms with Gasteiger partial charge in [-0.05, 0) is 24.8 Å². The summed E-state index contributed by atoms with van der Waals surface area (Å²) in [6.45, 7) is 3.20. The van der Waals surface area contributed by atoms with Crippen molar-refractivity contribution in [2.45, 2.75) is 25.3 Å². The lowest BCUT2D eigenvalue weighted by Gasteiger charge is -2.37. The molecule has 2 N–H and O–H groups in total. The highest BCUT2D eigenvalue weighted by Crippen LogP contribution is 2.29. The Balaban J connectivity index is 1.89. The molecule has 1 unspecified atom stereocenters. The van der Waals surface area contributed by atoms with Crippen LogP contribution in [0.25, 0.3) is 0 Å². The van der Waals surface area contributed by atoms with E-state index >= 15 is 0 Å². The number of rotatable bonds is 8. The zero-order chi connectivity index (χ0) is 15.0. The summed E-state index contributed by atoms with van der Waals surface area (Å²) in [4.78, 5) is 0. The van der Waals surface area contributed by atoms with E-state index in [1.54, 1.807) is 7.11 Å². The smallest absolute Gasteiger partial charge is 0.0619 e. The molecule has 21 heavy (non-hydrogen) atoms. The van der Waals surface area contributed by atoms with Gasteiger partial charge in [-0.15, -0.1) is 0 Å². The van der Waals surface area contributed by atoms with Crippen LogP contribution in [-0.4, -0.2) is 51.2 Å². The quantitative estimate of drug-likeness (QED) is 0.765. The summed E-state index contributed by atoms with van der Waals surface area (Å²) in [5.74, 6) is 0. The van der Waals surface area contributed by atoms with Crippen molar-refractivity contribution in [3.8, 4) is 0 Å². The van der Waals surface area contributed by atoms with E-state index in [4.69, 9.17) is 9.47 Å². The highest BCUT2D eigenvalue weighted by atomic mass is 16.5. The summed E-state index contributed by atoms with van der Waals surface area (Å²) in [6, 6.07) is 10.7. The molecule has 2 rings (SSSR count). The summed E-state index contributed by atoms with van der Waals surface area (Å²) < 4.78 is 10.7. The number of ether oxygens (including phenoxy) is 2. The summed E-state index contributed by atoms with van der Waals surface area (Å²) in [5.41, 5.74) is 1.26. The molecule has 0 aliphatic carbocycles. The van der Waals surface area contributed by atoms with E-state index in [-0.39, 0.29) is 18.1 Å². The highest BCUT2D eigenvalue weighted by Gasteiger charge is 2.32. The number of benzene rings is 1. The van der Waals surface area contributed by atoms with Crippen LogP contribution in [0.1, 0.15) is 18.4 Å². The van der Waals surface area contributed by atoms with E-state index in [9.17, 15) is 5.11 Å². The van der Waals surface area contributed by atoms with Gasteiger partial charge in [-0.25, -0.2) is 0 Å². The van der Waals surface area contributed by atoms with Crippen molar-refractivity contribution in [1.29, 1.82) is 0 Å². The van der Waals surface area contributed by atoms with Crippen LogP contribution >= 0.6 is 0 Å². The molecule has 1 aliphatic rings. The Labute approximate surface area is 127 Å². The Morgan fingerprint density at radius 2 is 2.00 bits per heavy atom. The second-order valence-electron chi connectivity index (χ2n) is 5.99. The number of aliphatic hydroxyl groups is 1. The fourth-order valence-corrected chi connectivity index (χ4v) is 2.85. The van der Waals surface area contributed by atoms with Crippen LogP contribution in [0.15, 0.2) is 30.3 Å². The molecule has 1 saturated heterocycles. The van der Waals surface area contributed by atoms with Crippen LogP contribution < -0.4 is 5.32 Å². The molecule has 1 aliphatic heterocycles. The Morgan fingerprint density at radius 1 is 1.29 bits per heavy atom. The molecule has 1 heterocycles. The largest absolute Gasteiger partial charge is 0.396 e. The van der Waals surface area contributed by atoms with Crippen LogP contribution in [0.5, 0.6) is 0 Å². The van der Waals surface area contributed by atoms with Crippen LogP contribution in [0, 0.1) is 5.41 Å². The van der Waals surface area contributed by atoms with Gasteiger partial charge in [0, 0.05) is 38.3 Å². The summed E-state index contributed by atoms with van der Waals surface area (Å²) in [6.07, 6.45) is 2.77. The van der Waals surface area contributed by atoms with Crippen molar-refractivity contribution in [3.63, 3.8) is 0 Å². The van der Waals surface area contributed by atoms with Crippen LogP contribution in [0.4, 0.5) is 0 Å². The normalized spacial score (nSPS) is 19.3. The monoisotopic (exact) mass is 293 g/mol. The zero-order valence-corrected chi connectivity index (χ0v) is 12.9. The Bertz CT molecular complexity index is 390. The molecule has 0 amide bonds. The molecular weight excluding hydrogens is 266 g/mol. The van der Waals surface area contributed by atoms with Gasteiger partial charge in [0.1, 0.15) is 0 Å².